The number of hydrogen-bond donors (Lipinski definition) is 3. The predicted octanol–water partition coefficient (Wildman–Crippen LogP) is -0.843. The number of nitrogens with one attached hydrogen (secondary N) is 3. The first-order chi connectivity index (χ1) is 8.69. The summed E-state index contributed by atoms with van der Waals surface area (Å²) in [6.45, 7) is 3.26. The van der Waals surface area contributed by atoms with Crippen molar-refractivity contribution in [3.8, 4) is 0 Å². The topological polar surface area (TPSA) is 108 Å². The summed E-state index contributed by atoms with van der Waals surface area (Å²) in [4.78, 5) is 25.7. The first-order valence-electron chi connectivity index (χ1n) is 5.60. The number of pyridine rings is 1. The van der Waals surface area contributed by atoms with Crippen LogP contribution in [0.1, 0.15) is 16.8 Å². The zero-order valence-electron chi connectivity index (χ0n) is 11.0. The fraction of sp³-hybridized carbons (Fsp3) is 0.455. The van der Waals surface area contributed by atoms with Crippen molar-refractivity contribution in [2.24, 2.45) is 0 Å². The largest absolute Gasteiger partial charge is 0.351 e. The van der Waals surface area contributed by atoms with Crippen LogP contribution in [0.5, 0.6) is 0 Å². The van der Waals surface area contributed by atoms with Gasteiger partial charge in [-0.15, -0.1) is 0 Å². The molecule has 3 N–H and O–H groups in total. The maximum Gasteiger partial charge on any atom is 0.253 e. The Balaban J connectivity index is 2.63. The Hall–Kier alpha value is -1.67. The van der Waals surface area contributed by atoms with Crippen molar-refractivity contribution in [3.05, 3.63) is 33.2 Å². The van der Waals surface area contributed by atoms with Crippen molar-refractivity contribution >= 4 is 15.9 Å². The van der Waals surface area contributed by atoms with Crippen LogP contribution in [-0.4, -0.2) is 32.1 Å². The van der Waals surface area contributed by atoms with Crippen LogP contribution in [0.2, 0.25) is 0 Å². The van der Waals surface area contributed by atoms with Gasteiger partial charge in [0.25, 0.3) is 5.56 Å². The molecule has 0 unspecified atom stereocenters. The van der Waals surface area contributed by atoms with Gasteiger partial charge in [0.1, 0.15) is 0 Å². The minimum Gasteiger partial charge on any atom is -0.351 e. The highest BCUT2D eigenvalue weighted by atomic mass is 32.2. The first kappa shape index (κ1) is 15.4. The molecular weight excluding hydrogens is 270 g/mol. The van der Waals surface area contributed by atoms with Gasteiger partial charge in [-0.1, -0.05) is 0 Å². The van der Waals surface area contributed by atoms with E-state index in [2.05, 4.69) is 15.0 Å². The van der Waals surface area contributed by atoms with Gasteiger partial charge in [0, 0.05) is 17.8 Å². The maximum absolute atomic E-state index is 11.7. The summed E-state index contributed by atoms with van der Waals surface area (Å²) in [6, 6.07) is 1.80. The minimum atomic E-state index is -3.40. The number of aromatic nitrogens is 1. The average molecular weight is 287 g/mol. The number of amides is 1. The number of carbonyl (C=O) groups is 1. The van der Waals surface area contributed by atoms with Crippen molar-refractivity contribution in [2.75, 3.05) is 12.8 Å². The number of hydrogen-bond acceptors (Lipinski definition) is 4. The average Bonchev–Trinajstić information content (AvgIpc) is 2.23. The Morgan fingerprint density at radius 3 is 2.53 bits per heavy atom. The van der Waals surface area contributed by atoms with Gasteiger partial charge in [0.15, 0.2) is 0 Å². The molecule has 19 heavy (non-hydrogen) atoms. The van der Waals surface area contributed by atoms with Crippen LogP contribution in [0.15, 0.2) is 10.9 Å². The summed E-state index contributed by atoms with van der Waals surface area (Å²) in [7, 11) is -3.40. The van der Waals surface area contributed by atoms with Crippen molar-refractivity contribution in [3.63, 3.8) is 0 Å². The molecule has 0 saturated heterocycles. The second-order valence-corrected chi connectivity index (χ2v) is 6.15. The van der Waals surface area contributed by atoms with Gasteiger partial charge in [-0.25, -0.2) is 13.1 Å². The third-order valence-electron chi connectivity index (χ3n) is 2.45. The highest BCUT2D eigenvalue weighted by Crippen LogP contribution is 2.02. The van der Waals surface area contributed by atoms with Gasteiger partial charge in [0.2, 0.25) is 15.9 Å². The summed E-state index contributed by atoms with van der Waals surface area (Å²) < 4.78 is 23.7. The van der Waals surface area contributed by atoms with E-state index in [9.17, 15) is 18.0 Å². The molecule has 106 valence electrons. The molecule has 0 aliphatic heterocycles. The van der Waals surface area contributed by atoms with E-state index in [1.807, 2.05) is 0 Å². The first-order valence-corrected chi connectivity index (χ1v) is 7.49. The summed E-state index contributed by atoms with van der Waals surface area (Å²) >= 11 is 0. The molecule has 0 atom stereocenters. The lowest BCUT2D eigenvalue weighted by molar-refractivity contribution is -0.120. The third kappa shape index (κ3) is 5.23. The Morgan fingerprint density at radius 2 is 2.00 bits per heavy atom. The van der Waals surface area contributed by atoms with Crippen LogP contribution in [-0.2, 0) is 21.4 Å². The van der Waals surface area contributed by atoms with Gasteiger partial charge < -0.3 is 10.3 Å². The summed E-state index contributed by atoms with van der Waals surface area (Å²) in [5.41, 5.74) is 1.72. The summed E-state index contributed by atoms with van der Waals surface area (Å²) in [5.74, 6) is -0.496. The van der Waals surface area contributed by atoms with Crippen molar-refractivity contribution < 1.29 is 13.2 Å². The lowest BCUT2D eigenvalue weighted by Crippen LogP contribution is -2.37. The van der Waals surface area contributed by atoms with Crippen LogP contribution in [0.3, 0.4) is 0 Å². The highest BCUT2D eigenvalue weighted by molar-refractivity contribution is 7.88. The molecule has 1 aromatic heterocycles. The Morgan fingerprint density at radius 1 is 1.37 bits per heavy atom. The molecule has 0 radical (unpaired) electrons. The van der Waals surface area contributed by atoms with E-state index in [1.54, 1.807) is 19.9 Å². The molecule has 1 heterocycles. The molecule has 7 nitrogen and oxygen atoms in total. The van der Waals surface area contributed by atoms with E-state index in [-0.39, 0.29) is 18.6 Å². The molecule has 0 fully saturated rings. The monoisotopic (exact) mass is 287 g/mol. The molecule has 0 aliphatic carbocycles. The fourth-order valence-electron chi connectivity index (χ4n) is 1.55. The van der Waals surface area contributed by atoms with Gasteiger partial charge in [-0.3, -0.25) is 9.59 Å². The maximum atomic E-state index is 11.7. The van der Waals surface area contributed by atoms with Crippen molar-refractivity contribution in [1.29, 1.82) is 0 Å². The number of aromatic amines is 1. The van der Waals surface area contributed by atoms with E-state index < -0.39 is 15.9 Å². The van der Waals surface area contributed by atoms with E-state index in [0.717, 1.165) is 17.5 Å². The van der Waals surface area contributed by atoms with Crippen LogP contribution in [0, 0.1) is 13.8 Å². The van der Waals surface area contributed by atoms with E-state index >= 15 is 0 Å². The number of H-pyrrole nitrogens is 1. The quantitative estimate of drug-likeness (QED) is 0.656. The Kier molecular flexibility index (Phi) is 4.84. The van der Waals surface area contributed by atoms with E-state index in [4.69, 9.17) is 0 Å². The van der Waals surface area contributed by atoms with Gasteiger partial charge >= 0.3 is 0 Å². The van der Waals surface area contributed by atoms with Crippen molar-refractivity contribution in [2.45, 2.75) is 20.4 Å². The molecule has 0 bridgehead atoms. The van der Waals surface area contributed by atoms with Gasteiger partial charge in [-0.05, 0) is 25.5 Å². The van der Waals surface area contributed by atoms with Gasteiger partial charge in [0.05, 0.1) is 12.8 Å². The third-order valence-corrected chi connectivity index (χ3v) is 3.12. The zero-order chi connectivity index (χ0) is 14.6. The summed E-state index contributed by atoms with van der Waals surface area (Å²) in [6.07, 6.45) is 0.967. The second-order valence-electron chi connectivity index (χ2n) is 4.31. The van der Waals surface area contributed by atoms with Gasteiger partial charge in [-0.2, -0.15) is 0 Å². The molecular formula is C11H17N3O4S. The molecule has 8 heteroatoms. The predicted molar refractivity (Wildman–Crippen MR) is 71.2 cm³/mol. The molecule has 0 spiro atoms. The van der Waals surface area contributed by atoms with E-state index in [0.29, 0.717) is 5.56 Å². The van der Waals surface area contributed by atoms with Crippen LogP contribution < -0.4 is 15.6 Å². The lowest BCUT2D eigenvalue weighted by Gasteiger charge is -2.08. The van der Waals surface area contributed by atoms with Crippen LogP contribution in [0.4, 0.5) is 0 Å². The van der Waals surface area contributed by atoms with Crippen LogP contribution in [0.25, 0.3) is 0 Å². The number of carbonyl (C=O) groups excluding carboxylic acids is 1. The number of sulfonamides is 1. The lowest BCUT2D eigenvalue weighted by atomic mass is 10.1. The minimum absolute atomic E-state index is 0.0612. The SMILES string of the molecule is Cc1cc(C)c(CNC(=O)CNS(C)(=O)=O)c(=O)[nH]1. The smallest absolute Gasteiger partial charge is 0.253 e. The molecule has 0 aromatic carbocycles. The van der Waals surface area contributed by atoms with Crippen LogP contribution >= 0.6 is 0 Å². The normalized spacial score (nSPS) is 11.3. The second kappa shape index (κ2) is 5.98. The molecule has 0 aliphatic rings. The molecule has 1 amide bonds. The zero-order valence-corrected chi connectivity index (χ0v) is 11.8. The Labute approximate surface area is 111 Å². The number of rotatable bonds is 5. The van der Waals surface area contributed by atoms with E-state index in [1.165, 1.54) is 0 Å². The number of aryl methyl sites for hydroxylation is 2. The standard InChI is InChI=1S/C11H17N3O4S/c1-7-4-8(2)14-11(16)9(7)5-12-10(15)6-13-19(3,17)18/h4,13H,5-6H2,1-3H3,(H,12,15)(H,14,16). The Bertz CT molecular complexity index is 634. The molecule has 0 saturated carbocycles. The molecule has 1 rings (SSSR count). The molecule has 1 aromatic rings. The fourth-order valence-corrected chi connectivity index (χ4v) is 1.94. The summed E-state index contributed by atoms with van der Waals surface area (Å²) in [5, 5.41) is 2.49. The highest BCUT2D eigenvalue weighted by Gasteiger charge is 2.09. The van der Waals surface area contributed by atoms with Crippen molar-refractivity contribution in [1.82, 2.24) is 15.0 Å².